The first-order chi connectivity index (χ1) is 10.1. The number of hydrogen-bond donors (Lipinski definition) is 1. The SMILES string of the molecule is CC(C)(C)N=P1([Se-])N(C(C)(C)C)P(=[Se])(NC(C)(C)C)N1C(C)(C)C. The minimum absolute atomic E-state index is 0.0206. The predicted octanol–water partition coefficient (Wildman–Crippen LogP) is 5.35. The van der Waals surface area contributed by atoms with E-state index in [-0.39, 0.29) is 22.2 Å². The summed E-state index contributed by atoms with van der Waals surface area (Å²) < 4.78 is 10.6. The van der Waals surface area contributed by atoms with E-state index in [9.17, 15) is 0 Å². The molecule has 0 atom stereocenters. The number of hydrogen-bond acceptors (Lipinski definition) is 2. The summed E-state index contributed by atoms with van der Waals surface area (Å²) in [4.78, 5) is 0. The second-order valence-electron chi connectivity index (χ2n) is 10.6. The van der Waals surface area contributed by atoms with Crippen molar-refractivity contribution in [2.24, 2.45) is 4.74 Å². The van der Waals surface area contributed by atoms with E-state index in [1.807, 2.05) is 0 Å². The van der Waals surface area contributed by atoms with Crippen molar-refractivity contribution in [2.45, 2.75) is 105 Å². The molecule has 1 rings (SSSR count). The van der Waals surface area contributed by atoms with Crippen LogP contribution in [0.15, 0.2) is 4.74 Å². The maximum absolute atomic E-state index is 5.34. The van der Waals surface area contributed by atoms with Gasteiger partial charge in [-0.05, 0) is 0 Å². The first kappa shape index (κ1) is 23.6. The molecule has 0 saturated carbocycles. The maximum atomic E-state index is 5.34. The number of nitrogens with zero attached hydrogens (tertiary/aromatic N) is 3. The molecule has 1 aliphatic heterocycles. The molecule has 0 aliphatic carbocycles. The van der Waals surface area contributed by atoms with E-state index in [2.05, 4.69) is 128 Å². The molecule has 144 valence electrons. The number of rotatable bonds is 1. The zero-order valence-corrected chi connectivity index (χ0v) is 22.8. The van der Waals surface area contributed by atoms with Gasteiger partial charge in [0.2, 0.25) is 0 Å². The van der Waals surface area contributed by atoms with Gasteiger partial charge in [0.05, 0.1) is 0 Å². The second kappa shape index (κ2) is 6.58. The van der Waals surface area contributed by atoms with Crippen LogP contribution in [0.4, 0.5) is 0 Å². The summed E-state index contributed by atoms with van der Waals surface area (Å²) in [5, 5.41) is 3.94. The standard InChI is InChI=1S/C16H37N4P2Se2/c1-13(2,3)17-21(23)19(15(7,8)9)22(24,18-14(4,5)6)20(21)16(10,11)12/h1-12H3,(H-,17,23,24)/q-1. The van der Waals surface area contributed by atoms with Crippen LogP contribution in [-0.4, -0.2) is 61.7 Å². The summed E-state index contributed by atoms with van der Waals surface area (Å²) in [7, 11) is 0. The summed E-state index contributed by atoms with van der Waals surface area (Å²) in [5.41, 5.74) is -0.0162. The van der Waals surface area contributed by atoms with Gasteiger partial charge in [0.1, 0.15) is 0 Å². The Balaban J connectivity index is 3.72. The van der Waals surface area contributed by atoms with Crippen LogP contribution in [-0.2, 0) is 0 Å². The summed E-state index contributed by atoms with van der Waals surface area (Å²) in [6.45, 7) is 27.1. The van der Waals surface area contributed by atoms with Crippen molar-refractivity contribution >= 4 is 42.7 Å². The van der Waals surface area contributed by atoms with Gasteiger partial charge in [0, 0.05) is 0 Å². The van der Waals surface area contributed by atoms with Gasteiger partial charge >= 0.3 is 167 Å². The van der Waals surface area contributed by atoms with Crippen molar-refractivity contribution < 1.29 is 0 Å². The van der Waals surface area contributed by atoms with Crippen molar-refractivity contribution in [3.05, 3.63) is 0 Å². The van der Waals surface area contributed by atoms with E-state index in [1.54, 1.807) is 0 Å². The van der Waals surface area contributed by atoms with E-state index in [1.165, 1.54) is 0 Å². The molecular formula is C16H37N4P2Se2-. The normalized spacial score (nSPS) is 31.0. The fraction of sp³-hybridized carbons (Fsp3) is 1.00. The van der Waals surface area contributed by atoms with Gasteiger partial charge in [-0.2, -0.15) is 0 Å². The summed E-state index contributed by atoms with van der Waals surface area (Å²) >= 11 is 7.17. The van der Waals surface area contributed by atoms with Crippen LogP contribution in [0.25, 0.3) is 0 Å². The minimum atomic E-state index is -1.91. The molecule has 1 heterocycles. The average Bonchev–Trinajstić information content (AvgIpc) is 2.00. The fourth-order valence-corrected chi connectivity index (χ4v) is 33.5. The summed E-state index contributed by atoms with van der Waals surface area (Å²) in [5.74, 6) is -1.82. The summed E-state index contributed by atoms with van der Waals surface area (Å²) in [6.07, 6.45) is 0. The van der Waals surface area contributed by atoms with E-state index in [0.717, 1.165) is 0 Å². The van der Waals surface area contributed by atoms with Gasteiger partial charge in [-0.1, -0.05) is 0 Å². The van der Waals surface area contributed by atoms with E-state index in [4.69, 9.17) is 4.74 Å². The fourth-order valence-electron chi connectivity index (χ4n) is 3.05. The topological polar surface area (TPSA) is 30.9 Å². The van der Waals surface area contributed by atoms with Gasteiger partial charge in [-0.3, -0.25) is 0 Å². The molecule has 0 aromatic heterocycles. The van der Waals surface area contributed by atoms with Gasteiger partial charge in [0.15, 0.2) is 0 Å². The molecule has 0 amide bonds. The third-order valence-corrected chi connectivity index (χ3v) is 20.9. The molecule has 0 aromatic carbocycles. The Kier molecular flexibility index (Phi) is 6.47. The van der Waals surface area contributed by atoms with Gasteiger partial charge in [-0.25, -0.2) is 0 Å². The van der Waals surface area contributed by atoms with Crippen molar-refractivity contribution in [2.75, 3.05) is 0 Å². The third kappa shape index (κ3) is 4.89. The van der Waals surface area contributed by atoms with Gasteiger partial charge in [0.25, 0.3) is 0 Å². The second-order valence-corrected chi connectivity index (χ2v) is 21.7. The van der Waals surface area contributed by atoms with E-state index >= 15 is 0 Å². The Hall–Kier alpha value is 1.58. The molecular weight excluding hydrogens is 468 g/mol. The van der Waals surface area contributed by atoms with Gasteiger partial charge < -0.3 is 0 Å². The third-order valence-electron chi connectivity index (χ3n) is 3.12. The van der Waals surface area contributed by atoms with Crippen molar-refractivity contribution in [1.82, 2.24) is 14.0 Å². The molecule has 1 fully saturated rings. The molecule has 1 saturated heterocycles. The Morgan fingerprint density at radius 1 is 0.792 bits per heavy atom. The van der Waals surface area contributed by atoms with Crippen LogP contribution >= 0.6 is 12.0 Å². The quantitative estimate of drug-likeness (QED) is 0.385. The molecule has 8 heteroatoms. The van der Waals surface area contributed by atoms with Crippen molar-refractivity contribution in [1.29, 1.82) is 0 Å². The monoisotopic (exact) mass is 507 g/mol. The zero-order chi connectivity index (χ0) is 19.6. The average molecular weight is 505 g/mol. The molecule has 0 spiro atoms. The zero-order valence-electron chi connectivity index (χ0n) is 17.6. The molecule has 1 aliphatic rings. The Bertz CT molecular complexity index is 559. The first-order valence-corrected chi connectivity index (χ1v) is 16.3. The van der Waals surface area contributed by atoms with Crippen LogP contribution in [0.1, 0.15) is 83.1 Å². The van der Waals surface area contributed by atoms with Crippen molar-refractivity contribution in [3.63, 3.8) is 0 Å². The predicted molar refractivity (Wildman–Crippen MR) is 114 cm³/mol. The molecule has 0 radical (unpaired) electrons. The van der Waals surface area contributed by atoms with Crippen LogP contribution < -0.4 is 5.09 Å². The molecule has 24 heavy (non-hydrogen) atoms. The Labute approximate surface area is 166 Å². The van der Waals surface area contributed by atoms with Crippen LogP contribution in [0, 0.1) is 0 Å². The summed E-state index contributed by atoms with van der Waals surface area (Å²) in [6, 6.07) is -1.91. The molecule has 1 N–H and O–H groups in total. The van der Waals surface area contributed by atoms with Crippen LogP contribution in [0.5, 0.6) is 0 Å². The molecule has 0 bridgehead atoms. The Morgan fingerprint density at radius 3 is 1.33 bits per heavy atom. The molecule has 4 nitrogen and oxygen atoms in total. The van der Waals surface area contributed by atoms with Gasteiger partial charge in [-0.15, -0.1) is 0 Å². The Morgan fingerprint density at radius 2 is 1.12 bits per heavy atom. The molecule has 0 aromatic rings. The van der Waals surface area contributed by atoms with E-state index in [0.29, 0.717) is 0 Å². The van der Waals surface area contributed by atoms with Crippen LogP contribution in [0.3, 0.4) is 0 Å². The van der Waals surface area contributed by atoms with Crippen LogP contribution in [0.2, 0.25) is 0 Å². The molecule has 0 unspecified atom stereocenters. The first-order valence-electron chi connectivity index (χ1n) is 8.51. The number of nitrogens with one attached hydrogen (secondary N) is 1. The van der Waals surface area contributed by atoms with E-state index < -0.39 is 12.0 Å². The van der Waals surface area contributed by atoms with Crippen molar-refractivity contribution in [3.8, 4) is 0 Å².